The Hall–Kier alpha value is -1.86. The fraction of sp³-hybridized carbons (Fsp3) is 0.400. The second-order valence-corrected chi connectivity index (χ2v) is 9.31. The van der Waals surface area contributed by atoms with Crippen molar-refractivity contribution in [3.05, 3.63) is 62.9 Å². The van der Waals surface area contributed by atoms with E-state index in [0.29, 0.717) is 23.7 Å². The molecule has 1 atom stereocenters. The first-order valence-electron chi connectivity index (χ1n) is 10.5. The summed E-state index contributed by atoms with van der Waals surface area (Å²) in [7, 11) is 4.13. The third-order valence-corrected chi connectivity index (χ3v) is 5.89. The summed E-state index contributed by atoms with van der Waals surface area (Å²) in [5.41, 5.74) is 2.14. The second-order valence-electron chi connectivity index (χ2n) is 8.15. The van der Waals surface area contributed by atoms with Gasteiger partial charge in [0.25, 0.3) is 0 Å². The van der Waals surface area contributed by atoms with Crippen LogP contribution < -0.4 is 4.74 Å². The molecule has 0 fully saturated rings. The maximum atomic E-state index is 13.4. The number of rotatable bonds is 10. The van der Waals surface area contributed by atoms with Crippen LogP contribution in [-0.2, 0) is 6.42 Å². The maximum absolute atomic E-state index is 13.4. The van der Waals surface area contributed by atoms with Gasteiger partial charge in [-0.25, -0.2) is 0 Å². The molecular formula is C25H30INO3. The topological polar surface area (TPSA) is 42.7 Å². The fourth-order valence-electron chi connectivity index (χ4n) is 3.67. The molecule has 4 nitrogen and oxygen atoms in total. The Kier molecular flexibility index (Phi) is 7.94. The lowest BCUT2D eigenvalue weighted by Crippen LogP contribution is -2.24. The van der Waals surface area contributed by atoms with Crippen LogP contribution in [0.4, 0.5) is 0 Å². The summed E-state index contributed by atoms with van der Waals surface area (Å²) < 4.78 is 13.0. The third kappa shape index (κ3) is 5.43. The number of carbonyl (C=O) groups is 1. The summed E-state index contributed by atoms with van der Waals surface area (Å²) in [6.07, 6.45) is 2.82. The summed E-state index contributed by atoms with van der Waals surface area (Å²) in [6.45, 7) is 5.94. The van der Waals surface area contributed by atoms with E-state index in [1.165, 1.54) is 0 Å². The molecule has 0 bridgehead atoms. The van der Waals surface area contributed by atoms with Crippen LogP contribution in [0.25, 0.3) is 11.0 Å². The predicted octanol–water partition coefficient (Wildman–Crippen LogP) is 6.19. The molecule has 1 aromatic heterocycles. The average Bonchev–Trinajstić information content (AvgIpc) is 3.08. The zero-order valence-electron chi connectivity index (χ0n) is 18.2. The summed E-state index contributed by atoms with van der Waals surface area (Å²) in [4.78, 5) is 15.6. The number of nitrogens with zero attached hydrogens (tertiary/aromatic N) is 1. The molecule has 0 N–H and O–H groups in total. The Balaban J connectivity index is 1.84. The molecule has 0 spiro atoms. The number of benzene rings is 2. The van der Waals surface area contributed by atoms with Crippen molar-refractivity contribution >= 4 is 39.3 Å². The molecule has 0 aliphatic rings. The monoisotopic (exact) mass is 519 g/mol. The van der Waals surface area contributed by atoms with E-state index in [4.69, 9.17) is 9.15 Å². The molecule has 160 valence electrons. The van der Waals surface area contributed by atoms with Gasteiger partial charge in [-0.3, -0.25) is 4.79 Å². The van der Waals surface area contributed by atoms with Gasteiger partial charge < -0.3 is 14.1 Å². The normalized spacial score (nSPS) is 12.5. The molecule has 0 aliphatic carbocycles. The molecule has 30 heavy (non-hydrogen) atoms. The van der Waals surface area contributed by atoms with E-state index >= 15 is 0 Å². The highest BCUT2D eigenvalue weighted by Gasteiger charge is 2.22. The van der Waals surface area contributed by atoms with Crippen LogP contribution >= 0.6 is 22.6 Å². The first-order valence-corrected chi connectivity index (χ1v) is 11.6. The highest BCUT2D eigenvalue weighted by molar-refractivity contribution is 14.1. The number of carbonyl (C=O) groups excluding carboxylic acids is 1. The van der Waals surface area contributed by atoms with E-state index in [1.54, 1.807) is 0 Å². The van der Waals surface area contributed by atoms with Gasteiger partial charge >= 0.3 is 0 Å². The van der Waals surface area contributed by atoms with Crippen LogP contribution in [0.3, 0.4) is 0 Å². The minimum absolute atomic E-state index is 0.0106. The number of hydrogen-bond acceptors (Lipinski definition) is 4. The number of aryl methyl sites for hydroxylation is 1. The minimum atomic E-state index is 0.0106. The SMILES string of the molecule is CCCCc1oc2ccccc2c1C(=O)c1ccc(OCC(C)CN(C)C)c(I)c1. The Morgan fingerprint density at radius 3 is 2.67 bits per heavy atom. The Bertz CT molecular complexity index is 1010. The fourth-order valence-corrected chi connectivity index (χ4v) is 4.34. The van der Waals surface area contributed by atoms with Crippen LogP contribution in [0.5, 0.6) is 5.75 Å². The quantitative estimate of drug-likeness (QED) is 0.237. The lowest BCUT2D eigenvalue weighted by atomic mass is 9.98. The molecule has 5 heteroatoms. The lowest BCUT2D eigenvalue weighted by Gasteiger charge is -2.18. The Morgan fingerprint density at radius 2 is 1.97 bits per heavy atom. The number of fused-ring (bicyclic) bond motifs is 1. The molecule has 3 rings (SSSR count). The van der Waals surface area contributed by atoms with Crippen LogP contribution in [0, 0.1) is 9.49 Å². The van der Waals surface area contributed by atoms with Gasteiger partial charge in [-0.15, -0.1) is 0 Å². The molecule has 0 aliphatic heterocycles. The minimum Gasteiger partial charge on any atom is -0.492 e. The molecule has 0 radical (unpaired) electrons. The van der Waals surface area contributed by atoms with Gasteiger partial charge in [-0.2, -0.15) is 0 Å². The van der Waals surface area contributed by atoms with Gasteiger partial charge in [0.15, 0.2) is 5.78 Å². The summed E-state index contributed by atoms with van der Waals surface area (Å²) in [5, 5.41) is 0.890. The van der Waals surface area contributed by atoms with Crippen molar-refractivity contribution in [2.24, 2.45) is 5.92 Å². The Morgan fingerprint density at radius 1 is 1.20 bits per heavy atom. The van der Waals surface area contributed by atoms with Gasteiger partial charge in [0.2, 0.25) is 0 Å². The van der Waals surface area contributed by atoms with E-state index in [9.17, 15) is 4.79 Å². The first kappa shape index (κ1) is 22.8. The summed E-state index contributed by atoms with van der Waals surface area (Å²) >= 11 is 2.25. The van der Waals surface area contributed by atoms with E-state index in [1.807, 2.05) is 42.5 Å². The second kappa shape index (κ2) is 10.4. The van der Waals surface area contributed by atoms with Crippen molar-refractivity contribution < 1.29 is 13.9 Å². The molecule has 2 aromatic carbocycles. The average molecular weight is 519 g/mol. The standard InChI is InChI=1S/C25H30INO3/c1-5-6-10-23-24(19-9-7-8-11-21(19)30-23)25(28)18-12-13-22(20(26)14-18)29-16-17(2)15-27(3)4/h7-9,11-14,17H,5-6,10,15-16H2,1-4H3. The van der Waals surface area contributed by atoms with E-state index in [-0.39, 0.29) is 5.78 Å². The largest absolute Gasteiger partial charge is 0.492 e. The molecule has 0 amide bonds. The maximum Gasteiger partial charge on any atom is 0.197 e. The van der Waals surface area contributed by atoms with Crippen molar-refractivity contribution in [1.82, 2.24) is 4.90 Å². The number of ether oxygens (including phenoxy) is 1. The molecule has 0 saturated heterocycles. The van der Waals surface area contributed by atoms with Crippen LogP contribution in [0.2, 0.25) is 0 Å². The van der Waals surface area contributed by atoms with Gasteiger partial charge in [0, 0.05) is 29.8 Å². The van der Waals surface area contributed by atoms with E-state index in [0.717, 1.165) is 51.9 Å². The van der Waals surface area contributed by atoms with Crippen molar-refractivity contribution in [3.8, 4) is 5.75 Å². The van der Waals surface area contributed by atoms with Crippen molar-refractivity contribution in [2.45, 2.75) is 33.1 Å². The van der Waals surface area contributed by atoms with Gasteiger partial charge in [-0.1, -0.05) is 38.5 Å². The summed E-state index contributed by atoms with van der Waals surface area (Å²) in [5.74, 6) is 2.05. The van der Waals surface area contributed by atoms with Crippen molar-refractivity contribution in [2.75, 3.05) is 27.2 Å². The highest BCUT2D eigenvalue weighted by atomic mass is 127. The van der Waals surface area contributed by atoms with Crippen LogP contribution in [0.15, 0.2) is 46.9 Å². The molecule has 1 unspecified atom stereocenters. The van der Waals surface area contributed by atoms with E-state index < -0.39 is 0 Å². The predicted molar refractivity (Wildman–Crippen MR) is 131 cm³/mol. The number of unbranched alkanes of at least 4 members (excludes halogenated alkanes) is 1. The molecule has 0 saturated carbocycles. The zero-order valence-corrected chi connectivity index (χ0v) is 20.4. The number of furan rings is 1. The number of hydrogen-bond donors (Lipinski definition) is 0. The van der Waals surface area contributed by atoms with Crippen LogP contribution in [-0.4, -0.2) is 37.9 Å². The van der Waals surface area contributed by atoms with Crippen LogP contribution in [0.1, 0.15) is 48.4 Å². The lowest BCUT2D eigenvalue weighted by molar-refractivity contribution is 0.103. The number of halogens is 1. The third-order valence-electron chi connectivity index (χ3n) is 5.05. The Labute approximate surface area is 192 Å². The number of para-hydroxylation sites is 1. The van der Waals surface area contributed by atoms with Gasteiger partial charge in [-0.05, 0) is 67.4 Å². The number of ketones is 1. The summed E-state index contributed by atoms with van der Waals surface area (Å²) in [6, 6.07) is 13.5. The van der Waals surface area contributed by atoms with E-state index in [2.05, 4.69) is 55.4 Å². The highest BCUT2D eigenvalue weighted by Crippen LogP contribution is 2.31. The van der Waals surface area contributed by atoms with Gasteiger partial charge in [0.1, 0.15) is 17.1 Å². The smallest absolute Gasteiger partial charge is 0.197 e. The van der Waals surface area contributed by atoms with Gasteiger partial charge in [0.05, 0.1) is 15.7 Å². The molecular weight excluding hydrogens is 489 g/mol. The van der Waals surface area contributed by atoms with Crippen molar-refractivity contribution in [1.29, 1.82) is 0 Å². The molecule has 1 heterocycles. The van der Waals surface area contributed by atoms with Crippen molar-refractivity contribution in [3.63, 3.8) is 0 Å². The zero-order chi connectivity index (χ0) is 21.7. The first-order chi connectivity index (χ1) is 14.4. The molecule has 3 aromatic rings.